The average Bonchev–Trinajstić information content (AvgIpc) is 3.13. The molecule has 0 spiro atoms. The highest BCUT2D eigenvalue weighted by atomic mass is 35.5. The molecule has 0 aliphatic heterocycles. The number of nitrogens with zero attached hydrogens (tertiary/aromatic N) is 2. The Kier molecular flexibility index (Phi) is 10.1. The van der Waals surface area contributed by atoms with Gasteiger partial charge < -0.3 is 25.3 Å². The Bertz CT molecular complexity index is 1100. The van der Waals surface area contributed by atoms with Crippen molar-refractivity contribution in [1.82, 2.24) is 14.9 Å². The number of anilines is 2. The molecular weight excluding hydrogens is 485 g/mol. The van der Waals surface area contributed by atoms with E-state index in [1.807, 2.05) is 32.3 Å². The summed E-state index contributed by atoms with van der Waals surface area (Å²) >= 11 is 12.1. The molecule has 0 saturated heterocycles. The lowest BCUT2D eigenvalue weighted by molar-refractivity contribution is -0.115. The van der Waals surface area contributed by atoms with Crippen LogP contribution in [0.15, 0.2) is 54.4 Å². The number of methoxy groups -OCH3 is 1. The van der Waals surface area contributed by atoms with E-state index in [0.29, 0.717) is 15.7 Å². The molecule has 2 heterocycles. The number of allylic oxidation sites excluding steroid dienone is 2. The molecule has 0 bridgehead atoms. The van der Waals surface area contributed by atoms with Gasteiger partial charge in [0.15, 0.2) is 5.76 Å². The zero-order chi connectivity index (χ0) is 23.1. The molecule has 0 aliphatic carbocycles. The molecule has 1 aromatic carbocycles. The van der Waals surface area contributed by atoms with E-state index in [1.54, 1.807) is 36.5 Å². The highest BCUT2D eigenvalue weighted by Crippen LogP contribution is 2.28. The molecule has 176 valence electrons. The second-order valence-electron chi connectivity index (χ2n) is 7.29. The highest BCUT2D eigenvalue weighted by Gasteiger charge is 2.10. The fraction of sp³-hybridized carbons (Fsp3) is 0.217. The van der Waals surface area contributed by atoms with Crippen molar-refractivity contribution in [3.63, 3.8) is 0 Å². The number of H-pyrrole nitrogens is 1. The molecule has 0 radical (unpaired) electrons. The fourth-order valence-corrected chi connectivity index (χ4v) is 3.22. The lowest BCUT2D eigenvalue weighted by Gasteiger charge is -2.11. The van der Waals surface area contributed by atoms with Crippen molar-refractivity contribution in [3.8, 4) is 0 Å². The Morgan fingerprint density at radius 1 is 1.21 bits per heavy atom. The summed E-state index contributed by atoms with van der Waals surface area (Å²) < 4.78 is 5.23. The Labute approximate surface area is 209 Å². The number of likely N-dealkylation sites (N-methyl/N-ethyl adjacent to an activating group) is 1. The molecule has 1 amide bonds. The Morgan fingerprint density at radius 2 is 1.97 bits per heavy atom. The number of rotatable bonds is 9. The number of ether oxygens (including phenoxy) is 1. The third kappa shape index (κ3) is 7.68. The smallest absolute Gasteiger partial charge is 0.290 e. The first-order chi connectivity index (χ1) is 15.4. The van der Waals surface area contributed by atoms with Gasteiger partial charge in [0.1, 0.15) is 5.82 Å². The number of halogens is 3. The number of carbonyl (C=O) groups excluding carboxylic acids is 1. The summed E-state index contributed by atoms with van der Waals surface area (Å²) in [5.74, 6) is 0.537. The molecular formula is C23H26Cl3N5O2. The number of pyridine rings is 1. The minimum atomic E-state index is -0.373. The summed E-state index contributed by atoms with van der Waals surface area (Å²) in [6, 6.07) is 9.11. The number of carbonyl (C=O) groups is 1. The summed E-state index contributed by atoms with van der Waals surface area (Å²) in [6.07, 6.45) is 6.73. The van der Waals surface area contributed by atoms with Crippen LogP contribution in [0, 0.1) is 0 Å². The second-order valence-corrected chi connectivity index (χ2v) is 8.10. The van der Waals surface area contributed by atoms with Gasteiger partial charge in [-0.25, -0.2) is 4.98 Å². The van der Waals surface area contributed by atoms with E-state index in [1.165, 1.54) is 7.11 Å². The Hall–Kier alpha value is -2.71. The van der Waals surface area contributed by atoms with Crippen LogP contribution in [-0.2, 0) is 9.53 Å². The van der Waals surface area contributed by atoms with E-state index >= 15 is 0 Å². The largest absolute Gasteiger partial charge is 0.491 e. The zero-order valence-electron chi connectivity index (χ0n) is 18.5. The van der Waals surface area contributed by atoms with E-state index < -0.39 is 0 Å². The van der Waals surface area contributed by atoms with Crippen LogP contribution in [0.5, 0.6) is 0 Å². The molecule has 3 N–H and O–H groups in total. The summed E-state index contributed by atoms with van der Waals surface area (Å²) in [5.41, 5.74) is 2.29. The Morgan fingerprint density at radius 3 is 2.64 bits per heavy atom. The van der Waals surface area contributed by atoms with Crippen LogP contribution in [0.4, 0.5) is 11.5 Å². The number of nitrogens with one attached hydrogen (secondary N) is 3. The van der Waals surface area contributed by atoms with Gasteiger partial charge in [-0.15, -0.1) is 12.4 Å². The second kappa shape index (κ2) is 12.5. The molecule has 0 aliphatic rings. The van der Waals surface area contributed by atoms with Gasteiger partial charge in [0.05, 0.1) is 29.0 Å². The highest BCUT2D eigenvalue weighted by molar-refractivity contribution is 6.42. The molecule has 3 rings (SSSR count). The van der Waals surface area contributed by atoms with Crippen LogP contribution in [0.3, 0.4) is 0 Å². The molecule has 0 saturated carbocycles. The standard InChI is InChI=1S/C23H25Cl2N5O2.ClH/c1-30(2)10-9-26-22-8-7-17(14-27-22)29-23(31)21(32-3)6-4-5-16-11-15-12-18(24)19(25)13-20(15)28-16;/h4-8,11-14,28H,9-10H2,1-3H3,(H,26,27)(H,29,31);1H. The molecule has 3 aromatic rings. The van der Waals surface area contributed by atoms with Gasteiger partial charge in [-0.1, -0.05) is 29.3 Å². The monoisotopic (exact) mass is 509 g/mol. The normalized spacial score (nSPS) is 11.6. The SMILES string of the molecule is COC(=CC=Cc1cc2cc(Cl)c(Cl)cc2[nH]1)C(=O)Nc1ccc(NCCN(C)C)nc1.Cl. The lowest BCUT2D eigenvalue weighted by atomic mass is 10.2. The van der Waals surface area contributed by atoms with Crippen molar-refractivity contribution in [1.29, 1.82) is 0 Å². The number of aromatic nitrogens is 2. The Balaban J connectivity index is 0.00000385. The number of aromatic amines is 1. The van der Waals surface area contributed by atoms with Crippen molar-refractivity contribution in [2.45, 2.75) is 0 Å². The first-order valence-corrected chi connectivity index (χ1v) is 10.7. The summed E-state index contributed by atoms with van der Waals surface area (Å²) in [5, 5.41) is 7.93. The van der Waals surface area contributed by atoms with Gasteiger partial charge in [-0.3, -0.25) is 4.79 Å². The van der Waals surface area contributed by atoms with Gasteiger partial charge >= 0.3 is 0 Å². The first kappa shape index (κ1) is 26.5. The van der Waals surface area contributed by atoms with Crippen molar-refractivity contribution < 1.29 is 9.53 Å². The van der Waals surface area contributed by atoms with E-state index in [0.717, 1.165) is 35.5 Å². The molecule has 2 aromatic heterocycles. The van der Waals surface area contributed by atoms with Crippen LogP contribution in [0.25, 0.3) is 17.0 Å². The van der Waals surface area contributed by atoms with Crippen molar-refractivity contribution in [2.24, 2.45) is 0 Å². The summed E-state index contributed by atoms with van der Waals surface area (Å²) in [7, 11) is 5.47. The first-order valence-electron chi connectivity index (χ1n) is 9.92. The molecule has 10 heteroatoms. The lowest BCUT2D eigenvalue weighted by Crippen LogP contribution is -2.21. The van der Waals surface area contributed by atoms with Crippen molar-refractivity contribution in [3.05, 3.63) is 70.2 Å². The van der Waals surface area contributed by atoms with Crippen LogP contribution < -0.4 is 10.6 Å². The van der Waals surface area contributed by atoms with Crippen LogP contribution >= 0.6 is 35.6 Å². The number of benzene rings is 1. The van der Waals surface area contributed by atoms with Gasteiger partial charge in [-0.05, 0) is 56.6 Å². The third-order valence-corrected chi connectivity index (χ3v) is 5.26. The molecule has 0 fully saturated rings. The van der Waals surface area contributed by atoms with Crippen LogP contribution in [0.1, 0.15) is 5.69 Å². The van der Waals surface area contributed by atoms with Gasteiger partial charge in [0, 0.05) is 29.7 Å². The average molecular weight is 511 g/mol. The van der Waals surface area contributed by atoms with Crippen molar-refractivity contribution >= 4 is 70.0 Å². The van der Waals surface area contributed by atoms with Crippen LogP contribution in [-0.4, -0.2) is 55.1 Å². The molecule has 7 nitrogen and oxygen atoms in total. The van der Waals surface area contributed by atoms with E-state index in [2.05, 4.69) is 25.5 Å². The summed E-state index contributed by atoms with van der Waals surface area (Å²) in [6.45, 7) is 1.68. The molecule has 0 unspecified atom stereocenters. The number of hydrogen-bond donors (Lipinski definition) is 3. The minimum Gasteiger partial charge on any atom is -0.491 e. The van der Waals surface area contributed by atoms with Crippen LogP contribution in [0.2, 0.25) is 10.0 Å². The predicted molar refractivity (Wildman–Crippen MR) is 140 cm³/mol. The number of fused-ring (bicyclic) bond motifs is 1. The maximum atomic E-state index is 12.5. The maximum Gasteiger partial charge on any atom is 0.290 e. The third-order valence-electron chi connectivity index (χ3n) is 4.54. The zero-order valence-corrected chi connectivity index (χ0v) is 20.8. The van der Waals surface area contributed by atoms with Gasteiger partial charge in [0.2, 0.25) is 0 Å². The molecule has 0 atom stereocenters. The van der Waals surface area contributed by atoms with Gasteiger partial charge in [0.25, 0.3) is 5.91 Å². The summed E-state index contributed by atoms with van der Waals surface area (Å²) in [4.78, 5) is 22.1. The fourth-order valence-electron chi connectivity index (χ4n) is 2.89. The number of amides is 1. The minimum absolute atomic E-state index is 0. The number of hydrogen-bond acceptors (Lipinski definition) is 5. The van der Waals surface area contributed by atoms with E-state index in [9.17, 15) is 4.79 Å². The topological polar surface area (TPSA) is 82.3 Å². The van der Waals surface area contributed by atoms with Gasteiger partial charge in [-0.2, -0.15) is 0 Å². The van der Waals surface area contributed by atoms with E-state index in [-0.39, 0.29) is 24.1 Å². The van der Waals surface area contributed by atoms with Crippen molar-refractivity contribution in [2.75, 3.05) is 44.9 Å². The maximum absolute atomic E-state index is 12.5. The predicted octanol–water partition coefficient (Wildman–Crippen LogP) is 5.45. The van der Waals surface area contributed by atoms with E-state index in [4.69, 9.17) is 27.9 Å². The molecule has 33 heavy (non-hydrogen) atoms. The quantitative estimate of drug-likeness (QED) is 0.203.